The Kier molecular flexibility index (Phi) is 5.98. The normalized spacial score (nSPS) is 18.8. The summed E-state index contributed by atoms with van der Waals surface area (Å²) in [6.45, 7) is 4.93. The summed E-state index contributed by atoms with van der Waals surface area (Å²) in [6, 6.07) is 8.22. The van der Waals surface area contributed by atoms with Gasteiger partial charge in [-0.1, -0.05) is 15.9 Å². The molecule has 0 aliphatic carbocycles. The summed E-state index contributed by atoms with van der Waals surface area (Å²) in [6.07, 6.45) is -0.253. The molecule has 1 aromatic rings. The third-order valence-corrected chi connectivity index (χ3v) is 4.62. The molecule has 5 heteroatoms. The van der Waals surface area contributed by atoms with Crippen molar-refractivity contribution in [2.45, 2.75) is 11.0 Å². The molecular weight excluding hydrogens is 312 g/mol. The Morgan fingerprint density at radius 2 is 1.94 bits per heavy atom. The lowest BCUT2D eigenvalue weighted by Crippen LogP contribution is -2.46. The number of aliphatic hydroxyl groups is 1. The highest BCUT2D eigenvalue weighted by Crippen LogP contribution is 2.21. The van der Waals surface area contributed by atoms with Crippen LogP contribution in [0.3, 0.4) is 0 Å². The molecule has 1 aliphatic heterocycles. The van der Waals surface area contributed by atoms with Gasteiger partial charge in [-0.05, 0) is 24.3 Å². The predicted octanol–water partition coefficient (Wildman–Crippen LogP) is 1.81. The van der Waals surface area contributed by atoms with Crippen LogP contribution in [0.5, 0.6) is 0 Å². The van der Waals surface area contributed by atoms with Gasteiger partial charge in [0.15, 0.2) is 0 Å². The number of piperazine rings is 1. The molecule has 0 radical (unpaired) electrons. The van der Waals surface area contributed by atoms with Crippen LogP contribution in [-0.4, -0.2) is 54.6 Å². The number of nitrogens with one attached hydrogen (secondary N) is 1. The van der Waals surface area contributed by atoms with Gasteiger partial charge in [0.25, 0.3) is 0 Å². The first-order chi connectivity index (χ1) is 8.74. The Morgan fingerprint density at radius 3 is 2.61 bits per heavy atom. The highest BCUT2D eigenvalue weighted by Gasteiger charge is 2.14. The number of nitrogens with zero attached hydrogens (tertiary/aromatic N) is 1. The molecule has 1 aliphatic rings. The van der Waals surface area contributed by atoms with Crippen LogP contribution in [0, 0.1) is 0 Å². The van der Waals surface area contributed by atoms with Crippen LogP contribution in [0.25, 0.3) is 0 Å². The lowest BCUT2D eigenvalue weighted by atomic mass is 10.3. The summed E-state index contributed by atoms with van der Waals surface area (Å²) in [7, 11) is 0. The molecule has 1 heterocycles. The summed E-state index contributed by atoms with van der Waals surface area (Å²) in [5.41, 5.74) is 0. The van der Waals surface area contributed by atoms with Gasteiger partial charge in [0.05, 0.1) is 6.10 Å². The van der Waals surface area contributed by atoms with E-state index in [-0.39, 0.29) is 6.10 Å². The smallest absolute Gasteiger partial charge is 0.0760 e. The van der Waals surface area contributed by atoms with Crippen LogP contribution in [0.15, 0.2) is 33.6 Å². The van der Waals surface area contributed by atoms with Crippen molar-refractivity contribution in [3.05, 3.63) is 28.7 Å². The highest BCUT2D eigenvalue weighted by molar-refractivity contribution is 9.10. The van der Waals surface area contributed by atoms with Crippen molar-refractivity contribution in [2.75, 3.05) is 38.5 Å². The third-order valence-electron chi connectivity index (χ3n) is 2.93. The second-order valence-corrected chi connectivity index (χ2v) is 6.48. The standard InChI is InChI=1S/C13H19BrN2OS/c14-11-1-3-13(4-2-11)18-10-12(17)9-16-7-5-15-6-8-16/h1-4,12,15,17H,5-10H2. The maximum Gasteiger partial charge on any atom is 0.0760 e. The molecule has 2 rings (SSSR count). The summed E-state index contributed by atoms with van der Waals surface area (Å²) in [5, 5.41) is 13.3. The molecule has 1 aromatic carbocycles. The summed E-state index contributed by atoms with van der Waals surface area (Å²) in [5.74, 6) is 0.756. The molecule has 1 saturated heterocycles. The minimum absolute atomic E-state index is 0.253. The third kappa shape index (κ3) is 4.90. The van der Waals surface area contributed by atoms with E-state index in [1.165, 1.54) is 4.90 Å². The Morgan fingerprint density at radius 1 is 1.28 bits per heavy atom. The molecule has 18 heavy (non-hydrogen) atoms. The minimum atomic E-state index is -0.253. The van der Waals surface area contributed by atoms with Gasteiger partial charge in [-0.3, -0.25) is 4.90 Å². The Labute approximate surface area is 121 Å². The van der Waals surface area contributed by atoms with E-state index in [9.17, 15) is 5.11 Å². The van der Waals surface area contributed by atoms with Crippen molar-refractivity contribution >= 4 is 27.7 Å². The van der Waals surface area contributed by atoms with Crippen LogP contribution in [0.2, 0.25) is 0 Å². The van der Waals surface area contributed by atoms with Crippen LogP contribution < -0.4 is 5.32 Å². The number of β-amino-alcohol motifs (C(OH)–C–C–N with tert-alkyl or cyclic N) is 1. The topological polar surface area (TPSA) is 35.5 Å². The second-order valence-electron chi connectivity index (χ2n) is 4.47. The molecule has 0 spiro atoms. The van der Waals surface area contributed by atoms with Crippen molar-refractivity contribution in [2.24, 2.45) is 0 Å². The predicted molar refractivity (Wildman–Crippen MR) is 80.2 cm³/mol. The summed E-state index contributed by atoms with van der Waals surface area (Å²) in [4.78, 5) is 3.53. The van der Waals surface area contributed by atoms with Gasteiger partial charge in [0.1, 0.15) is 0 Å². The number of halogens is 1. The fourth-order valence-electron chi connectivity index (χ4n) is 1.97. The first kappa shape index (κ1) is 14.3. The zero-order chi connectivity index (χ0) is 12.8. The van der Waals surface area contributed by atoms with Crippen LogP contribution in [0.1, 0.15) is 0 Å². The summed E-state index contributed by atoms with van der Waals surface area (Å²) >= 11 is 5.13. The second kappa shape index (κ2) is 7.50. The molecule has 3 nitrogen and oxygen atoms in total. The maximum absolute atomic E-state index is 10.0. The average molecular weight is 331 g/mol. The van der Waals surface area contributed by atoms with Crippen LogP contribution in [0.4, 0.5) is 0 Å². The fraction of sp³-hybridized carbons (Fsp3) is 0.538. The van der Waals surface area contributed by atoms with Crippen molar-refractivity contribution in [1.82, 2.24) is 10.2 Å². The lowest BCUT2D eigenvalue weighted by molar-refractivity contribution is 0.121. The van der Waals surface area contributed by atoms with E-state index in [4.69, 9.17) is 0 Å². The molecule has 0 amide bonds. The van der Waals surface area contributed by atoms with Crippen LogP contribution >= 0.6 is 27.7 Å². The first-order valence-electron chi connectivity index (χ1n) is 6.23. The van der Waals surface area contributed by atoms with Crippen molar-refractivity contribution in [1.29, 1.82) is 0 Å². The van der Waals surface area contributed by atoms with E-state index >= 15 is 0 Å². The first-order valence-corrected chi connectivity index (χ1v) is 8.01. The van der Waals surface area contributed by atoms with Gasteiger partial charge < -0.3 is 10.4 Å². The van der Waals surface area contributed by atoms with Gasteiger partial charge in [-0.2, -0.15) is 0 Å². The van der Waals surface area contributed by atoms with Gasteiger partial charge in [0, 0.05) is 47.8 Å². The number of hydrogen-bond acceptors (Lipinski definition) is 4. The van der Waals surface area contributed by atoms with Crippen molar-refractivity contribution < 1.29 is 5.11 Å². The van der Waals surface area contributed by atoms with Crippen molar-refractivity contribution in [3.8, 4) is 0 Å². The average Bonchev–Trinajstić information content (AvgIpc) is 2.39. The molecule has 2 N–H and O–H groups in total. The Bertz CT molecular complexity index is 355. The van der Waals surface area contributed by atoms with E-state index < -0.39 is 0 Å². The number of thioether (sulfide) groups is 1. The largest absolute Gasteiger partial charge is 0.391 e. The van der Waals surface area contributed by atoms with Gasteiger partial charge >= 0.3 is 0 Å². The molecule has 0 bridgehead atoms. The van der Waals surface area contributed by atoms with Gasteiger partial charge in [-0.25, -0.2) is 0 Å². The minimum Gasteiger partial charge on any atom is -0.391 e. The Hall–Kier alpha value is -0.0700. The fourth-order valence-corrected chi connectivity index (χ4v) is 3.05. The number of benzene rings is 1. The zero-order valence-electron chi connectivity index (χ0n) is 10.3. The van der Waals surface area contributed by atoms with E-state index in [1.54, 1.807) is 11.8 Å². The quantitative estimate of drug-likeness (QED) is 0.807. The summed E-state index contributed by atoms with van der Waals surface area (Å²) < 4.78 is 1.09. The van der Waals surface area contributed by atoms with Crippen LogP contribution in [-0.2, 0) is 0 Å². The number of hydrogen-bond donors (Lipinski definition) is 2. The van der Waals surface area contributed by atoms with E-state index in [1.807, 2.05) is 12.1 Å². The molecular formula is C13H19BrN2OS. The lowest BCUT2D eigenvalue weighted by Gasteiger charge is -2.28. The van der Waals surface area contributed by atoms with E-state index in [0.29, 0.717) is 0 Å². The van der Waals surface area contributed by atoms with Crippen molar-refractivity contribution in [3.63, 3.8) is 0 Å². The van der Waals surface area contributed by atoms with Gasteiger partial charge in [-0.15, -0.1) is 11.8 Å². The monoisotopic (exact) mass is 330 g/mol. The molecule has 1 fully saturated rings. The molecule has 0 saturated carbocycles. The molecule has 100 valence electrons. The number of rotatable bonds is 5. The zero-order valence-corrected chi connectivity index (χ0v) is 12.7. The van der Waals surface area contributed by atoms with E-state index in [2.05, 4.69) is 38.3 Å². The highest BCUT2D eigenvalue weighted by atomic mass is 79.9. The van der Waals surface area contributed by atoms with Gasteiger partial charge in [0.2, 0.25) is 0 Å². The SMILES string of the molecule is OC(CSc1ccc(Br)cc1)CN1CCNCC1. The molecule has 1 unspecified atom stereocenters. The Balaban J connectivity index is 1.70. The maximum atomic E-state index is 10.0. The molecule has 1 atom stereocenters. The van der Waals surface area contributed by atoms with E-state index in [0.717, 1.165) is 42.9 Å². The number of aliphatic hydroxyl groups excluding tert-OH is 1. The molecule has 0 aromatic heterocycles.